The molecule has 1 amide bonds. The molecule has 0 unspecified atom stereocenters. The first-order valence-corrected chi connectivity index (χ1v) is 12.1. The van der Waals surface area contributed by atoms with Crippen LogP contribution >= 0.6 is 11.6 Å². The van der Waals surface area contributed by atoms with Crippen molar-refractivity contribution in [2.24, 2.45) is 0 Å². The second kappa shape index (κ2) is 9.47. The molecule has 6 nitrogen and oxygen atoms in total. The van der Waals surface area contributed by atoms with Crippen molar-refractivity contribution < 1.29 is 9.53 Å². The van der Waals surface area contributed by atoms with Crippen molar-refractivity contribution in [1.29, 1.82) is 0 Å². The maximum atomic E-state index is 13.6. The molecule has 0 spiro atoms. The number of hydrogen-bond acceptors (Lipinski definition) is 3. The van der Waals surface area contributed by atoms with E-state index in [9.17, 15) is 9.59 Å². The lowest BCUT2D eigenvalue weighted by molar-refractivity contribution is -0.117. The molecule has 0 bridgehead atoms. The normalized spacial score (nSPS) is 12.0. The number of nitrogens with one attached hydrogen (secondary N) is 1. The van der Waals surface area contributed by atoms with Crippen LogP contribution in [-0.2, 0) is 30.6 Å². The molecule has 0 fully saturated rings. The highest BCUT2D eigenvalue weighted by molar-refractivity contribution is 6.30. The number of halogens is 1. The molecule has 1 N–H and O–H groups in total. The molecule has 0 radical (unpaired) electrons. The largest absolute Gasteiger partial charge is 0.439 e. The van der Waals surface area contributed by atoms with E-state index in [0.29, 0.717) is 34.3 Å². The molecule has 0 saturated heterocycles. The number of amides is 1. The monoisotopic (exact) mass is 487 g/mol. The molecular formula is C28H26ClN3O3. The van der Waals surface area contributed by atoms with Gasteiger partial charge in [0.1, 0.15) is 12.3 Å². The van der Waals surface area contributed by atoms with Gasteiger partial charge in [0.2, 0.25) is 11.8 Å². The van der Waals surface area contributed by atoms with Crippen LogP contribution in [0.15, 0.2) is 71.5 Å². The fourth-order valence-corrected chi connectivity index (χ4v) is 4.59. The lowest BCUT2D eigenvalue weighted by Crippen LogP contribution is -2.27. The van der Waals surface area contributed by atoms with Crippen molar-refractivity contribution in [1.82, 2.24) is 9.36 Å². The van der Waals surface area contributed by atoms with E-state index in [0.717, 1.165) is 35.2 Å². The molecule has 1 aliphatic heterocycles. The van der Waals surface area contributed by atoms with Gasteiger partial charge in [0.25, 0.3) is 5.56 Å². The van der Waals surface area contributed by atoms with E-state index in [1.165, 1.54) is 4.68 Å². The van der Waals surface area contributed by atoms with Crippen molar-refractivity contribution in [2.75, 3.05) is 5.32 Å². The molecule has 1 aromatic heterocycles. The Labute approximate surface area is 208 Å². The summed E-state index contributed by atoms with van der Waals surface area (Å²) in [7, 11) is 0. The zero-order chi connectivity index (χ0) is 24.5. The van der Waals surface area contributed by atoms with Gasteiger partial charge >= 0.3 is 0 Å². The summed E-state index contributed by atoms with van der Waals surface area (Å²) in [6.45, 7) is 4.06. The minimum atomic E-state index is -0.250. The Hall–Kier alpha value is -3.77. The lowest BCUT2D eigenvalue weighted by atomic mass is 10.0. The molecule has 4 aromatic rings. The Kier molecular flexibility index (Phi) is 6.22. The maximum absolute atomic E-state index is 13.6. The first kappa shape index (κ1) is 23.0. The number of aromatic nitrogens is 2. The summed E-state index contributed by atoms with van der Waals surface area (Å²) in [6, 6.07) is 20.9. The van der Waals surface area contributed by atoms with Gasteiger partial charge < -0.3 is 10.1 Å². The van der Waals surface area contributed by atoms with Gasteiger partial charge in [0.15, 0.2) is 0 Å². The Morgan fingerprint density at radius 3 is 2.51 bits per heavy atom. The smallest absolute Gasteiger partial charge is 0.278 e. The van der Waals surface area contributed by atoms with E-state index in [1.54, 1.807) is 16.8 Å². The molecule has 35 heavy (non-hydrogen) atoms. The van der Waals surface area contributed by atoms with Gasteiger partial charge in [0, 0.05) is 22.7 Å². The van der Waals surface area contributed by atoms with Crippen LogP contribution in [0.5, 0.6) is 11.6 Å². The van der Waals surface area contributed by atoms with Crippen LogP contribution in [0.1, 0.15) is 36.1 Å². The lowest BCUT2D eigenvalue weighted by Gasteiger charge is -2.20. The predicted molar refractivity (Wildman–Crippen MR) is 138 cm³/mol. The van der Waals surface area contributed by atoms with Crippen LogP contribution < -0.4 is 15.6 Å². The third-order valence-corrected chi connectivity index (χ3v) is 6.52. The van der Waals surface area contributed by atoms with Gasteiger partial charge in [-0.2, -0.15) is 0 Å². The van der Waals surface area contributed by atoms with Crippen LogP contribution in [0, 0.1) is 0 Å². The second-order valence-corrected chi connectivity index (χ2v) is 9.05. The molecule has 7 heteroatoms. The van der Waals surface area contributed by atoms with Crippen molar-refractivity contribution >= 4 is 23.2 Å². The maximum Gasteiger partial charge on any atom is 0.278 e. The zero-order valence-electron chi connectivity index (χ0n) is 19.7. The SMILES string of the molecule is CCc1ccc(-n2c(=O)c3c(n2CC(=O)Nc2cccc(CC)c2)Oc2ccc(Cl)cc2C3)cc1. The minimum Gasteiger partial charge on any atom is -0.439 e. The summed E-state index contributed by atoms with van der Waals surface area (Å²) in [5.41, 5.74) is 4.82. The molecule has 0 aliphatic carbocycles. The van der Waals surface area contributed by atoms with Crippen LogP contribution in [0.4, 0.5) is 5.69 Å². The number of anilines is 1. The van der Waals surface area contributed by atoms with E-state index in [2.05, 4.69) is 19.2 Å². The topological polar surface area (TPSA) is 65.3 Å². The van der Waals surface area contributed by atoms with Gasteiger partial charge in [-0.05, 0) is 66.4 Å². The minimum absolute atomic E-state index is 0.0840. The molecule has 5 rings (SSSR count). The Bertz CT molecular complexity index is 1470. The van der Waals surface area contributed by atoms with E-state index in [-0.39, 0.29) is 18.0 Å². The Balaban J connectivity index is 1.56. The predicted octanol–water partition coefficient (Wildman–Crippen LogP) is 5.75. The summed E-state index contributed by atoms with van der Waals surface area (Å²) in [5.74, 6) is 0.757. The highest BCUT2D eigenvalue weighted by Gasteiger charge is 2.29. The quantitative estimate of drug-likeness (QED) is 0.331. The fraction of sp³-hybridized carbons (Fsp3) is 0.214. The van der Waals surface area contributed by atoms with E-state index in [4.69, 9.17) is 16.3 Å². The standard InChI is InChI=1S/C28H26ClN3O3/c1-3-18-8-11-23(12-9-18)32-27(34)24-16-20-15-21(29)10-13-25(20)35-28(24)31(32)17-26(33)30-22-7-5-6-19(4-2)14-22/h5-15H,3-4,16-17H2,1-2H3,(H,30,33). The summed E-state index contributed by atoms with van der Waals surface area (Å²) in [4.78, 5) is 26.7. The molecule has 178 valence electrons. The van der Waals surface area contributed by atoms with Crippen molar-refractivity contribution in [3.63, 3.8) is 0 Å². The number of rotatable bonds is 6. The number of fused-ring (bicyclic) bond motifs is 2. The van der Waals surface area contributed by atoms with Crippen LogP contribution in [0.25, 0.3) is 5.69 Å². The Morgan fingerprint density at radius 2 is 1.77 bits per heavy atom. The highest BCUT2D eigenvalue weighted by Crippen LogP contribution is 2.37. The Morgan fingerprint density at radius 1 is 1.00 bits per heavy atom. The van der Waals surface area contributed by atoms with E-state index < -0.39 is 0 Å². The number of hydrogen-bond donors (Lipinski definition) is 1. The molecule has 0 atom stereocenters. The highest BCUT2D eigenvalue weighted by atomic mass is 35.5. The van der Waals surface area contributed by atoms with Crippen molar-refractivity contribution in [3.8, 4) is 17.3 Å². The van der Waals surface area contributed by atoms with Crippen LogP contribution in [0.3, 0.4) is 0 Å². The first-order valence-electron chi connectivity index (χ1n) is 11.8. The average Bonchev–Trinajstić information content (AvgIpc) is 3.13. The third-order valence-electron chi connectivity index (χ3n) is 6.28. The third kappa shape index (κ3) is 4.49. The number of nitrogens with zero attached hydrogens (tertiary/aromatic N) is 2. The molecular weight excluding hydrogens is 462 g/mol. The van der Waals surface area contributed by atoms with Gasteiger partial charge in [-0.3, -0.25) is 9.59 Å². The van der Waals surface area contributed by atoms with E-state index in [1.807, 2.05) is 54.6 Å². The number of carbonyl (C=O) groups excluding carboxylic acids is 1. The zero-order valence-corrected chi connectivity index (χ0v) is 20.4. The summed E-state index contributed by atoms with van der Waals surface area (Å²) >= 11 is 6.17. The molecule has 1 aliphatic rings. The molecule has 3 aromatic carbocycles. The van der Waals surface area contributed by atoms with Crippen molar-refractivity contribution in [2.45, 2.75) is 39.7 Å². The molecule has 2 heterocycles. The van der Waals surface area contributed by atoms with E-state index >= 15 is 0 Å². The van der Waals surface area contributed by atoms with Gasteiger partial charge in [0.05, 0.1) is 11.3 Å². The number of carbonyl (C=O) groups is 1. The number of aryl methyl sites for hydroxylation is 2. The van der Waals surface area contributed by atoms with Crippen molar-refractivity contribution in [3.05, 3.63) is 104 Å². The number of benzene rings is 3. The second-order valence-electron chi connectivity index (χ2n) is 8.61. The van der Waals surface area contributed by atoms with Gasteiger partial charge in [-0.25, -0.2) is 9.36 Å². The van der Waals surface area contributed by atoms with Gasteiger partial charge in [-0.1, -0.05) is 49.7 Å². The van der Waals surface area contributed by atoms with Crippen LogP contribution in [-0.4, -0.2) is 15.3 Å². The average molecular weight is 488 g/mol. The number of ether oxygens (including phenoxy) is 1. The summed E-state index contributed by atoms with van der Waals surface area (Å²) < 4.78 is 9.33. The molecule has 0 saturated carbocycles. The first-order chi connectivity index (χ1) is 17.0. The van der Waals surface area contributed by atoms with Crippen LogP contribution in [0.2, 0.25) is 5.02 Å². The van der Waals surface area contributed by atoms with Gasteiger partial charge in [-0.15, -0.1) is 0 Å². The fourth-order valence-electron chi connectivity index (χ4n) is 4.40. The summed E-state index contributed by atoms with van der Waals surface area (Å²) in [6.07, 6.45) is 2.15. The summed E-state index contributed by atoms with van der Waals surface area (Å²) in [5, 5.41) is 3.54.